The lowest BCUT2D eigenvalue weighted by Gasteiger charge is -2.38. The lowest BCUT2D eigenvalue weighted by atomic mass is 9.81. The molecule has 1 saturated carbocycles. The van der Waals surface area contributed by atoms with Gasteiger partial charge in [0.25, 0.3) is 0 Å². The Morgan fingerprint density at radius 2 is 1.71 bits per heavy atom. The highest BCUT2D eigenvalue weighted by atomic mass is 15.1. The Kier molecular flexibility index (Phi) is 6.25. The maximum atomic E-state index is 3.40. The van der Waals surface area contributed by atoms with Crippen LogP contribution >= 0.6 is 0 Å². The number of likely N-dealkylation sites (N-methyl/N-ethyl adjacent to an activating group) is 2. The van der Waals surface area contributed by atoms with Gasteiger partial charge in [-0.1, -0.05) is 62.9 Å². The summed E-state index contributed by atoms with van der Waals surface area (Å²) in [6, 6.07) is 11.8. The molecule has 21 heavy (non-hydrogen) atoms. The summed E-state index contributed by atoms with van der Waals surface area (Å²) in [5.74, 6) is 0. The molecule has 1 aliphatic rings. The molecule has 1 aromatic carbocycles. The summed E-state index contributed by atoms with van der Waals surface area (Å²) in [5.41, 5.74) is 1.62. The summed E-state index contributed by atoms with van der Waals surface area (Å²) in [6.07, 6.45) is 8.42. The van der Waals surface area contributed by atoms with Crippen LogP contribution in [0, 0.1) is 0 Å². The van der Waals surface area contributed by atoms with Gasteiger partial charge in [-0.15, -0.1) is 0 Å². The molecule has 2 rings (SSSR count). The van der Waals surface area contributed by atoms with E-state index in [9.17, 15) is 0 Å². The molecule has 0 spiro atoms. The van der Waals surface area contributed by atoms with E-state index in [4.69, 9.17) is 0 Å². The molecule has 0 saturated heterocycles. The fourth-order valence-electron chi connectivity index (χ4n) is 3.86. The second kappa shape index (κ2) is 7.95. The number of hydrogen-bond donors (Lipinski definition) is 1. The predicted molar refractivity (Wildman–Crippen MR) is 91.8 cm³/mol. The molecule has 0 amide bonds. The largest absolute Gasteiger partial charge is 0.319 e. The highest BCUT2D eigenvalue weighted by Gasteiger charge is 2.30. The van der Waals surface area contributed by atoms with Crippen LogP contribution in [-0.4, -0.2) is 38.1 Å². The lowest BCUT2D eigenvalue weighted by molar-refractivity contribution is 0.176. The van der Waals surface area contributed by atoms with Gasteiger partial charge >= 0.3 is 0 Å². The Balaban J connectivity index is 2.07. The minimum absolute atomic E-state index is 0.178. The molecule has 0 heterocycles. The molecule has 0 aliphatic heterocycles. The number of nitrogens with one attached hydrogen (secondary N) is 1. The Labute approximate surface area is 130 Å². The van der Waals surface area contributed by atoms with Crippen LogP contribution in [0.5, 0.6) is 0 Å². The van der Waals surface area contributed by atoms with Crippen LogP contribution in [0.3, 0.4) is 0 Å². The van der Waals surface area contributed by atoms with E-state index in [1.165, 1.54) is 44.1 Å². The minimum atomic E-state index is 0.178. The first-order valence-electron chi connectivity index (χ1n) is 8.56. The third-order valence-corrected chi connectivity index (χ3v) is 5.08. The van der Waals surface area contributed by atoms with Crippen molar-refractivity contribution in [1.29, 1.82) is 0 Å². The van der Waals surface area contributed by atoms with E-state index < -0.39 is 0 Å². The highest BCUT2D eigenvalue weighted by molar-refractivity contribution is 5.25. The zero-order valence-electron chi connectivity index (χ0n) is 14.1. The third-order valence-electron chi connectivity index (χ3n) is 5.08. The lowest BCUT2D eigenvalue weighted by Crippen LogP contribution is -2.46. The van der Waals surface area contributed by atoms with E-state index in [1.807, 2.05) is 0 Å². The number of benzene rings is 1. The van der Waals surface area contributed by atoms with Crippen molar-refractivity contribution in [2.75, 3.05) is 27.2 Å². The van der Waals surface area contributed by atoms with E-state index in [-0.39, 0.29) is 5.41 Å². The first kappa shape index (κ1) is 16.5. The standard InChI is InChI=1S/C19H32N2/c1-19(15-20-2,17-11-7-6-8-12-17)16-21(3)18-13-9-4-5-10-14-18/h6-8,11-12,18,20H,4-5,9-10,13-16H2,1-3H3. The van der Waals surface area contributed by atoms with Gasteiger partial charge in [0, 0.05) is 24.5 Å². The molecule has 1 aromatic rings. The van der Waals surface area contributed by atoms with Crippen LogP contribution in [0.4, 0.5) is 0 Å². The zero-order valence-corrected chi connectivity index (χ0v) is 14.1. The third kappa shape index (κ3) is 4.55. The monoisotopic (exact) mass is 288 g/mol. The van der Waals surface area contributed by atoms with E-state index in [2.05, 4.69) is 61.6 Å². The molecule has 0 bridgehead atoms. The first-order chi connectivity index (χ1) is 10.2. The van der Waals surface area contributed by atoms with E-state index in [0.29, 0.717) is 0 Å². The van der Waals surface area contributed by atoms with Crippen LogP contribution in [0.2, 0.25) is 0 Å². The van der Waals surface area contributed by atoms with Crippen molar-refractivity contribution in [2.24, 2.45) is 0 Å². The Hall–Kier alpha value is -0.860. The van der Waals surface area contributed by atoms with Crippen molar-refractivity contribution in [3.05, 3.63) is 35.9 Å². The normalized spacial score (nSPS) is 20.2. The van der Waals surface area contributed by atoms with Crippen molar-refractivity contribution in [1.82, 2.24) is 10.2 Å². The molecule has 0 aromatic heterocycles. The van der Waals surface area contributed by atoms with E-state index in [0.717, 1.165) is 19.1 Å². The fourth-order valence-corrected chi connectivity index (χ4v) is 3.86. The molecule has 118 valence electrons. The van der Waals surface area contributed by atoms with Gasteiger partial charge in [0.2, 0.25) is 0 Å². The predicted octanol–water partition coefficient (Wildman–Crippen LogP) is 3.82. The van der Waals surface area contributed by atoms with Gasteiger partial charge in [-0.05, 0) is 32.5 Å². The molecular formula is C19H32N2. The molecule has 1 fully saturated rings. The van der Waals surface area contributed by atoms with Gasteiger partial charge in [-0.25, -0.2) is 0 Å². The smallest absolute Gasteiger partial charge is 0.0176 e. The van der Waals surface area contributed by atoms with Crippen molar-refractivity contribution < 1.29 is 0 Å². The molecule has 2 nitrogen and oxygen atoms in total. The topological polar surface area (TPSA) is 15.3 Å². The Bertz CT molecular complexity index is 395. The molecule has 1 atom stereocenters. The molecule has 0 radical (unpaired) electrons. The molecule has 2 heteroatoms. The Morgan fingerprint density at radius 3 is 2.29 bits per heavy atom. The van der Waals surface area contributed by atoms with Gasteiger partial charge in [-0.3, -0.25) is 0 Å². The molecule has 1 aliphatic carbocycles. The highest BCUT2D eigenvalue weighted by Crippen LogP contribution is 2.27. The second-order valence-corrected chi connectivity index (χ2v) is 7.02. The zero-order chi connectivity index (χ0) is 15.1. The summed E-state index contributed by atoms with van der Waals surface area (Å²) in [5, 5.41) is 3.40. The van der Waals surface area contributed by atoms with Gasteiger partial charge in [0.05, 0.1) is 0 Å². The maximum Gasteiger partial charge on any atom is 0.0176 e. The summed E-state index contributed by atoms with van der Waals surface area (Å²) >= 11 is 0. The van der Waals surface area contributed by atoms with Crippen LogP contribution in [0.1, 0.15) is 51.0 Å². The summed E-state index contributed by atoms with van der Waals surface area (Å²) < 4.78 is 0. The van der Waals surface area contributed by atoms with Crippen molar-refractivity contribution in [2.45, 2.75) is 56.9 Å². The van der Waals surface area contributed by atoms with Crippen molar-refractivity contribution in [3.63, 3.8) is 0 Å². The van der Waals surface area contributed by atoms with Crippen molar-refractivity contribution >= 4 is 0 Å². The summed E-state index contributed by atoms with van der Waals surface area (Å²) in [7, 11) is 4.39. The quantitative estimate of drug-likeness (QED) is 0.801. The molecule has 1 N–H and O–H groups in total. The molecular weight excluding hydrogens is 256 g/mol. The van der Waals surface area contributed by atoms with E-state index >= 15 is 0 Å². The van der Waals surface area contributed by atoms with Gasteiger partial charge in [0.1, 0.15) is 0 Å². The number of rotatable bonds is 6. The fraction of sp³-hybridized carbons (Fsp3) is 0.684. The first-order valence-corrected chi connectivity index (χ1v) is 8.56. The van der Waals surface area contributed by atoms with E-state index in [1.54, 1.807) is 0 Å². The molecule has 1 unspecified atom stereocenters. The Morgan fingerprint density at radius 1 is 1.10 bits per heavy atom. The minimum Gasteiger partial charge on any atom is -0.319 e. The number of nitrogens with zero attached hydrogens (tertiary/aromatic N) is 1. The van der Waals surface area contributed by atoms with Crippen LogP contribution in [0.15, 0.2) is 30.3 Å². The van der Waals surface area contributed by atoms with Gasteiger partial charge < -0.3 is 10.2 Å². The summed E-state index contributed by atoms with van der Waals surface area (Å²) in [6.45, 7) is 4.54. The van der Waals surface area contributed by atoms with Gasteiger partial charge in [0.15, 0.2) is 0 Å². The SMILES string of the molecule is CNCC(C)(CN(C)C1CCCCCC1)c1ccccc1. The van der Waals surface area contributed by atoms with Crippen LogP contribution in [-0.2, 0) is 5.41 Å². The number of hydrogen-bond acceptors (Lipinski definition) is 2. The van der Waals surface area contributed by atoms with Crippen LogP contribution in [0.25, 0.3) is 0 Å². The van der Waals surface area contributed by atoms with Gasteiger partial charge in [-0.2, -0.15) is 0 Å². The van der Waals surface area contributed by atoms with Crippen LogP contribution < -0.4 is 5.32 Å². The average Bonchev–Trinajstić information content (AvgIpc) is 2.77. The van der Waals surface area contributed by atoms with Crippen molar-refractivity contribution in [3.8, 4) is 0 Å². The summed E-state index contributed by atoms with van der Waals surface area (Å²) in [4.78, 5) is 2.62. The average molecular weight is 288 g/mol. The second-order valence-electron chi connectivity index (χ2n) is 7.02. The maximum absolute atomic E-state index is 3.40.